The number of carbonyl (C=O) groups excluding carboxylic acids is 1. The van der Waals surface area contributed by atoms with E-state index in [9.17, 15) is 19.3 Å². The van der Waals surface area contributed by atoms with Gasteiger partial charge in [0.25, 0.3) is 5.91 Å². The molecule has 7 nitrogen and oxygen atoms in total. The van der Waals surface area contributed by atoms with Crippen molar-refractivity contribution in [3.05, 3.63) is 71.8 Å². The van der Waals surface area contributed by atoms with Crippen molar-refractivity contribution in [2.24, 2.45) is 0 Å². The van der Waals surface area contributed by atoms with Crippen LogP contribution >= 0.6 is 8.03 Å². The van der Waals surface area contributed by atoms with Crippen molar-refractivity contribution in [1.82, 2.24) is 4.90 Å². The van der Waals surface area contributed by atoms with Gasteiger partial charge in [0.05, 0.1) is 6.61 Å². The van der Waals surface area contributed by atoms with Crippen LogP contribution in [0.25, 0.3) is 0 Å². The molecule has 33 heavy (non-hydrogen) atoms. The summed E-state index contributed by atoms with van der Waals surface area (Å²) in [6, 6.07) is 18.8. The number of amides is 1. The molecule has 0 aliphatic carbocycles. The summed E-state index contributed by atoms with van der Waals surface area (Å²) in [5.41, 5.74) is 2.16. The Bertz CT molecular complexity index is 923. The topological polar surface area (TPSA) is 93.1 Å². The second-order valence-electron chi connectivity index (χ2n) is 8.27. The third-order valence-corrected chi connectivity index (χ3v) is 7.36. The molecule has 4 atom stereocenters. The summed E-state index contributed by atoms with van der Waals surface area (Å²) < 4.78 is 24.7. The predicted octanol–water partition coefficient (Wildman–Crippen LogP) is 4.51. The highest BCUT2D eigenvalue weighted by Crippen LogP contribution is 2.36. The first kappa shape index (κ1) is 25.2. The Morgan fingerprint density at radius 1 is 1.09 bits per heavy atom. The third kappa shape index (κ3) is 7.53. The highest BCUT2D eigenvalue weighted by molar-refractivity contribution is 7.39. The summed E-state index contributed by atoms with van der Waals surface area (Å²) >= 11 is 0. The lowest BCUT2D eigenvalue weighted by molar-refractivity contribution is -0.150. The number of hydrogen-bond acceptors (Lipinski definition) is 5. The minimum atomic E-state index is -2.73. The predicted molar refractivity (Wildman–Crippen MR) is 126 cm³/mol. The number of nitrogens with zero attached hydrogens (tertiary/aromatic N) is 1. The van der Waals surface area contributed by atoms with Crippen molar-refractivity contribution >= 4 is 19.9 Å². The van der Waals surface area contributed by atoms with E-state index in [-0.39, 0.29) is 0 Å². The van der Waals surface area contributed by atoms with Crippen LogP contribution in [0.2, 0.25) is 0 Å². The van der Waals surface area contributed by atoms with Crippen LogP contribution in [0, 0.1) is 0 Å². The van der Waals surface area contributed by atoms with Gasteiger partial charge in [-0.25, -0.2) is 4.79 Å². The standard InChI is InChI=1S/C25H32NO6P/c1-19(24(27)26-17-9-15-22(26)25(28)29)32-33(30)23(31-18-21-12-6-3-7-13-21)16-8-14-20-10-4-2-5-11-20/h2-7,10-13,19,22-23,33H,8-9,14-18H2,1H3,(H,28,29)/t19?,22-,23?/m0/s1. The van der Waals surface area contributed by atoms with Crippen LogP contribution in [-0.2, 0) is 36.4 Å². The maximum atomic E-state index is 13.1. The molecule has 3 rings (SSSR count). The zero-order valence-electron chi connectivity index (χ0n) is 18.9. The van der Waals surface area contributed by atoms with E-state index in [2.05, 4.69) is 12.1 Å². The molecule has 1 saturated heterocycles. The van der Waals surface area contributed by atoms with Gasteiger partial charge in [0.2, 0.25) is 8.03 Å². The van der Waals surface area contributed by atoms with Gasteiger partial charge >= 0.3 is 5.97 Å². The minimum absolute atomic E-state index is 0.298. The van der Waals surface area contributed by atoms with Crippen LogP contribution in [0.15, 0.2) is 60.7 Å². The summed E-state index contributed by atoms with van der Waals surface area (Å²) in [5.74, 6) is -2.10. The summed E-state index contributed by atoms with van der Waals surface area (Å²) in [5, 5.41) is 9.34. The van der Waals surface area contributed by atoms with Gasteiger partial charge in [0.1, 0.15) is 18.0 Å². The minimum Gasteiger partial charge on any atom is -0.480 e. The molecule has 1 heterocycles. The molecule has 2 aromatic rings. The number of carbonyl (C=O) groups is 2. The van der Waals surface area contributed by atoms with Crippen LogP contribution in [-0.4, -0.2) is 46.4 Å². The number of rotatable bonds is 12. The van der Waals surface area contributed by atoms with E-state index in [1.165, 1.54) is 17.4 Å². The van der Waals surface area contributed by atoms with E-state index in [0.29, 0.717) is 32.4 Å². The molecule has 8 heteroatoms. The van der Waals surface area contributed by atoms with Gasteiger partial charge in [0, 0.05) is 6.54 Å². The van der Waals surface area contributed by atoms with Gasteiger partial charge in [-0.3, -0.25) is 9.36 Å². The van der Waals surface area contributed by atoms with Gasteiger partial charge in [-0.1, -0.05) is 60.7 Å². The molecule has 0 aromatic heterocycles. The van der Waals surface area contributed by atoms with Gasteiger partial charge in [-0.15, -0.1) is 0 Å². The molecule has 3 unspecified atom stereocenters. The van der Waals surface area contributed by atoms with Crippen molar-refractivity contribution in [3.8, 4) is 0 Å². The number of aryl methyl sites for hydroxylation is 1. The monoisotopic (exact) mass is 473 g/mol. The Morgan fingerprint density at radius 2 is 1.73 bits per heavy atom. The summed E-state index contributed by atoms with van der Waals surface area (Å²) in [7, 11) is -2.73. The molecule has 1 amide bonds. The van der Waals surface area contributed by atoms with Crippen LogP contribution in [0.5, 0.6) is 0 Å². The highest BCUT2D eigenvalue weighted by atomic mass is 31.1. The van der Waals surface area contributed by atoms with Crippen LogP contribution in [0.1, 0.15) is 43.7 Å². The lowest BCUT2D eigenvalue weighted by atomic mass is 10.1. The van der Waals surface area contributed by atoms with Crippen molar-refractivity contribution in [2.45, 2.75) is 63.6 Å². The first-order valence-corrected chi connectivity index (χ1v) is 12.8. The number of hydrogen-bond donors (Lipinski definition) is 1. The Labute approximate surface area is 195 Å². The van der Waals surface area contributed by atoms with Gasteiger partial charge < -0.3 is 19.3 Å². The van der Waals surface area contributed by atoms with E-state index in [0.717, 1.165) is 18.4 Å². The van der Waals surface area contributed by atoms with Gasteiger partial charge in [-0.05, 0) is 50.2 Å². The van der Waals surface area contributed by atoms with Crippen LogP contribution in [0.3, 0.4) is 0 Å². The smallest absolute Gasteiger partial charge is 0.326 e. The lowest BCUT2D eigenvalue weighted by Gasteiger charge is -2.26. The zero-order chi connectivity index (χ0) is 23.6. The Kier molecular flexibility index (Phi) is 9.67. The molecule has 1 aliphatic rings. The zero-order valence-corrected chi connectivity index (χ0v) is 19.9. The number of aliphatic carboxylic acids is 1. The second kappa shape index (κ2) is 12.7. The average Bonchev–Trinajstić information content (AvgIpc) is 3.32. The van der Waals surface area contributed by atoms with Crippen LogP contribution < -0.4 is 0 Å². The maximum Gasteiger partial charge on any atom is 0.326 e. The normalized spacial score (nSPS) is 18.6. The number of ether oxygens (including phenoxy) is 1. The van der Waals surface area contributed by atoms with E-state index >= 15 is 0 Å². The Hall–Kier alpha value is -2.47. The number of carboxylic acids is 1. The number of benzene rings is 2. The van der Waals surface area contributed by atoms with Crippen molar-refractivity contribution in [1.29, 1.82) is 0 Å². The van der Waals surface area contributed by atoms with Crippen molar-refractivity contribution in [2.75, 3.05) is 6.54 Å². The number of carboxylic acid groups (broad SMARTS) is 1. The molecule has 0 radical (unpaired) electrons. The largest absolute Gasteiger partial charge is 0.480 e. The molecule has 1 fully saturated rings. The second-order valence-corrected chi connectivity index (χ2v) is 9.79. The lowest BCUT2D eigenvalue weighted by Crippen LogP contribution is -2.45. The fraction of sp³-hybridized carbons (Fsp3) is 0.440. The molecule has 1 N–H and O–H groups in total. The summed E-state index contributed by atoms with van der Waals surface area (Å²) in [6.45, 7) is 2.20. The molecular weight excluding hydrogens is 441 g/mol. The first-order valence-electron chi connectivity index (χ1n) is 11.4. The summed E-state index contributed by atoms with van der Waals surface area (Å²) in [4.78, 5) is 25.5. The van der Waals surface area contributed by atoms with E-state index < -0.39 is 37.9 Å². The number of likely N-dealkylation sites (tertiary alicyclic amines) is 1. The quantitative estimate of drug-likeness (QED) is 0.456. The first-order chi connectivity index (χ1) is 16.0. The Morgan fingerprint density at radius 3 is 2.36 bits per heavy atom. The maximum absolute atomic E-state index is 13.1. The molecular formula is C25H32NO6P. The van der Waals surface area contributed by atoms with E-state index in [4.69, 9.17) is 9.26 Å². The molecule has 1 aliphatic heterocycles. The van der Waals surface area contributed by atoms with Crippen molar-refractivity contribution in [3.63, 3.8) is 0 Å². The summed E-state index contributed by atoms with van der Waals surface area (Å²) in [6.07, 6.45) is 2.18. The highest BCUT2D eigenvalue weighted by Gasteiger charge is 2.37. The molecule has 0 bridgehead atoms. The Balaban J connectivity index is 1.60. The van der Waals surface area contributed by atoms with E-state index in [1.54, 1.807) is 0 Å². The third-order valence-electron chi connectivity index (χ3n) is 5.79. The molecule has 0 spiro atoms. The van der Waals surface area contributed by atoms with Gasteiger partial charge in [-0.2, -0.15) is 0 Å². The SMILES string of the molecule is CC(O[PH](=O)C(CCCc1ccccc1)OCc1ccccc1)C(=O)N1CCC[C@H]1C(=O)O. The average molecular weight is 474 g/mol. The van der Waals surface area contributed by atoms with Crippen LogP contribution in [0.4, 0.5) is 0 Å². The van der Waals surface area contributed by atoms with Gasteiger partial charge in [0.15, 0.2) is 0 Å². The fourth-order valence-corrected chi connectivity index (χ4v) is 5.26. The molecule has 178 valence electrons. The molecule has 0 saturated carbocycles. The molecule has 2 aromatic carbocycles. The fourth-order valence-electron chi connectivity index (χ4n) is 4.00. The van der Waals surface area contributed by atoms with Crippen molar-refractivity contribution < 1.29 is 28.5 Å². The van der Waals surface area contributed by atoms with E-state index in [1.807, 2.05) is 48.5 Å².